The fourth-order valence-corrected chi connectivity index (χ4v) is 3.55. The van der Waals surface area contributed by atoms with E-state index < -0.39 is 0 Å². The minimum atomic E-state index is 0.0574. The van der Waals surface area contributed by atoms with Gasteiger partial charge >= 0.3 is 0 Å². The van der Waals surface area contributed by atoms with Crippen LogP contribution in [0, 0.1) is 0 Å². The Kier molecular flexibility index (Phi) is 3.49. The molecule has 1 aliphatic heterocycles. The molecule has 0 bridgehead atoms. The summed E-state index contributed by atoms with van der Waals surface area (Å²) in [5.74, 6) is 1.44. The standard InChI is InChI=1S/C16H16N4O2S/c1-19-7-2-4-12(19)16(21)20-8-6-11(10-20)14-17-15(22-18-14)13-5-3-9-23-13/h2-5,7,9,11H,6,8,10H2,1H3. The molecule has 1 saturated heterocycles. The van der Waals surface area contributed by atoms with Crippen molar-refractivity contribution in [1.29, 1.82) is 0 Å². The Balaban J connectivity index is 1.48. The summed E-state index contributed by atoms with van der Waals surface area (Å²) < 4.78 is 7.20. The van der Waals surface area contributed by atoms with Crippen molar-refractivity contribution >= 4 is 17.2 Å². The lowest BCUT2D eigenvalue weighted by atomic mass is 10.1. The maximum atomic E-state index is 12.5. The third-order valence-electron chi connectivity index (χ3n) is 4.18. The van der Waals surface area contributed by atoms with Crippen LogP contribution < -0.4 is 0 Å². The van der Waals surface area contributed by atoms with Gasteiger partial charge in [-0.1, -0.05) is 11.2 Å². The van der Waals surface area contributed by atoms with Crippen LogP contribution in [0.3, 0.4) is 0 Å². The number of nitrogens with zero attached hydrogens (tertiary/aromatic N) is 4. The van der Waals surface area contributed by atoms with E-state index in [-0.39, 0.29) is 11.8 Å². The molecule has 118 valence electrons. The van der Waals surface area contributed by atoms with Gasteiger partial charge in [-0.15, -0.1) is 11.3 Å². The van der Waals surface area contributed by atoms with Crippen molar-refractivity contribution in [2.45, 2.75) is 12.3 Å². The fraction of sp³-hybridized carbons (Fsp3) is 0.312. The van der Waals surface area contributed by atoms with Gasteiger partial charge < -0.3 is 14.0 Å². The van der Waals surface area contributed by atoms with E-state index in [2.05, 4.69) is 10.1 Å². The summed E-state index contributed by atoms with van der Waals surface area (Å²) in [4.78, 5) is 19.9. The predicted octanol–water partition coefficient (Wildman–Crippen LogP) is 2.77. The topological polar surface area (TPSA) is 64.2 Å². The van der Waals surface area contributed by atoms with Crippen LogP contribution in [0.25, 0.3) is 10.8 Å². The van der Waals surface area contributed by atoms with Crippen molar-refractivity contribution in [3.8, 4) is 10.8 Å². The molecule has 1 amide bonds. The van der Waals surface area contributed by atoms with Gasteiger partial charge in [0.2, 0.25) is 0 Å². The molecule has 0 saturated carbocycles. The average molecular weight is 328 g/mol. The monoisotopic (exact) mass is 328 g/mol. The van der Waals surface area contributed by atoms with Gasteiger partial charge in [-0.05, 0) is 30.0 Å². The highest BCUT2D eigenvalue weighted by molar-refractivity contribution is 7.13. The van der Waals surface area contributed by atoms with Crippen LogP contribution in [0.4, 0.5) is 0 Å². The molecule has 4 heterocycles. The molecule has 0 aliphatic carbocycles. The summed E-state index contributed by atoms with van der Waals surface area (Å²) in [6.45, 7) is 1.35. The molecule has 1 aliphatic rings. The first kappa shape index (κ1) is 14.2. The van der Waals surface area contributed by atoms with Gasteiger partial charge in [-0.3, -0.25) is 4.79 Å². The van der Waals surface area contributed by atoms with E-state index in [9.17, 15) is 4.79 Å². The number of carbonyl (C=O) groups is 1. The Bertz CT molecular complexity index is 821. The summed E-state index contributed by atoms with van der Waals surface area (Å²) >= 11 is 1.57. The zero-order valence-electron chi connectivity index (χ0n) is 12.7. The zero-order chi connectivity index (χ0) is 15.8. The molecule has 1 fully saturated rings. The highest BCUT2D eigenvalue weighted by atomic mass is 32.1. The van der Waals surface area contributed by atoms with Crippen LogP contribution in [0.1, 0.15) is 28.7 Å². The molecular formula is C16H16N4O2S. The zero-order valence-corrected chi connectivity index (χ0v) is 13.5. The molecule has 0 aromatic carbocycles. The van der Waals surface area contributed by atoms with Crippen molar-refractivity contribution in [1.82, 2.24) is 19.6 Å². The van der Waals surface area contributed by atoms with Crippen molar-refractivity contribution < 1.29 is 9.32 Å². The van der Waals surface area contributed by atoms with Crippen LogP contribution in [0.2, 0.25) is 0 Å². The fourth-order valence-electron chi connectivity index (χ4n) is 2.90. The summed E-state index contributed by atoms with van der Waals surface area (Å²) in [5, 5.41) is 6.09. The minimum absolute atomic E-state index is 0.0574. The average Bonchev–Trinajstić information content (AvgIpc) is 3.31. The van der Waals surface area contributed by atoms with Gasteiger partial charge in [-0.25, -0.2) is 0 Å². The van der Waals surface area contributed by atoms with Crippen molar-refractivity contribution in [3.05, 3.63) is 47.4 Å². The second-order valence-electron chi connectivity index (χ2n) is 5.68. The van der Waals surface area contributed by atoms with E-state index >= 15 is 0 Å². The number of amides is 1. The number of aryl methyl sites for hydroxylation is 1. The quantitative estimate of drug-likeness (QED) is 0.741. The molecule has 4 rings (SSSR count). The molecule has 6 nitrogen and oxygen atoms in total. The highest BCUT2D eigenvalue weighted by Crippen LogP contribution is 2.29. The van der Waals surface area contributed by atoms with Crippen LogP contribution in [0.5, 0.6) is 0 Å². The number of rotatable bonds is 3. The smallest absolute Gasteiger partial charge is 0.270 e. The van der Waals surface area contributed by atoms with E-state index in [1.54, 1.807) is 11.3 Å². The lowest BCUT2D eigenvalue weighted by Gasteiger charge is -2.16. The van der Waals surface area contributed by atoms with Crippen LogP contribution in [-0.4, -0.2) is 38.6 Å². The number of aromatic nitrogens is 3. The van der Waals surface area contributed by atoms with Crippen LogP contribution in [0.15, 0.2) is 40.4 Å². The summed E-state index contributed by atoms with van der Waals surface area (Å²) in [6.07, 6.45) is 2.74. The van der Waals surface area contributed by atoms with Crippen molar-refractivity contribution in [2.24, 2.45) is 7.05 Å². The molecule has 23 heavy (non-hydrogen) atoms. The first-order chi connectivity index (χ1) is 11.2. The Morgan fingerprint density at radius 2 is 2.30 bits per heavy atom. The van der Waals surface area contributed by atoms with Gasteiger partial charge in [0.25, 0.3) is 11.8 Å². The molecule has 1 unspecified atom stereocenters. The molecule has 0 spiro atoms. The number of hydrogen-bond donors (Lipinski definition) is 0. The summed E-state index contributed by atoms with van der Waals surface area (Å²) in [5.41, 5.74) is 0.707. The molecule has 3 aromatic rings. The maximum Gasteiger partial charge on any atom is 0.270 e. The second kappa shape index (κ2) is 5.66. The van der Waals surface area contributed by atoms with Gasteiger partial charge in [0, 0.05) is 32.3 Å². The Morgan fingerprint density at radius 1 is 1.39 bits per heavy atom. The third kappa shape index (κ3) is 2.57. The normalized spacial score (nSPS) is 17.8. The minimum Gasteiger partial charge on any atom is -0.347 e. The SMILES string of the molecule is Cn1cccc1C(=O)N1CCC(c2noc(-c3cccs3)n2)C1. The molecule has 0 radical (unpaired) electrons. The first-order valence-corrected chi connectivity index (χ1v) is 8.38. The van der Waals surface area contributed by atoms with Crippen LogP contribution in [-0.2, 0) is 7.05 Å². The Morgan fingerprint density at radius 3 is 3.04 bits per heavy atom. The van der Waals surface area contributed by atoms with Gasteiger partial charge in [0.05, 0.1) is 4.88 Å². The molecule has 3 aromatic heterocycles. The number of thiophene rings is 1. The van der Waals surface area contributed by atoms with E-state index in [0.717, 1.165) is 17.8 Å². The largest absolute Gasteiger partial charge is 0.347 e. The van der Waals surface area contributed by atoms with Gasteiger partial charge in [0.1, 0.15) is 5.69 Å². The highest BCUT2D eigenvalue weighted by Gasteiger charge is 2.31. The predicted molar refractivity (Wildman–Crippen MR) is 86.3 cm³/mol. The second-order valence-corrected chi connectivity index (χ2v) is 6.62. The van der Waals surface area contributed by atoms with E-state index in [0.29, 0.717) is 24.0 Å². The number of likely N-dealkylation sites (tertiary alicyclic amines) is 1. The van der Waals surface area contributed by atoms with E-state index in [1.807, 2.05) is 52.4 Å². The van der Waals surface area contributed by atoms with Crippen molar-refractivity contribution in [3.63, 3.8) is 0 Å². The van der Waals surface area contributed by atoms with E-state index in [4.69, 9.17) is 4.52 Å². The third-order valence-corrected chi connectivity index (χ3v) is 5.04. The molecule has 0 N–H and O–H groups in total. The maximum absolute atomic E-state index is 12.5. The lowest BCUT2D eigenvalue weighted by Crippen LogP contribution is -2.29. The Labute approximate surface area is 137 Å². The summed E-state index contributed by atoms with van der Waals surface area (Å²) in [7, 11) is 1.88. The summed E-state index contributed by atoms with van der Waals surface area (Å²) in [6, 6.07) is 7.65. The molecule has 1 atom stereocenters. The number of hydrogen-bond acceptors (Lipinski definition) is 5. The Hall–Kier alpha value is -2.41. The molecule has 7 heteroatoms. The number of carbonyl (C=O) groups excluding carboxylic acids is 1. The first-order valence-electron chi connectivity index (χ1n) is 7.50. The van der Waals surface area contributed by atoms with Gasteiger partial charge in [-0.2, -0.15) is 4.98 Å². The molecular weight excluding hydrogens is 312 g/mol. The van der Waals surface area contributed by atoms with Crippen LogP contribution >= 0.6 is 11.3 Å². The lowest BCUT2D eigenvalue weighted by molar-refractivity contribution is 0.0781. The van der Waals surface area contributed by atoms with Crippen molar-refractivity contribution in [2.75, 3.05) is 13.1 Å². The van der Waals surface area contributed by atoms with Gasteiger partial charge in [0.15, 0.2) is 5.82 Å². The van der Waals surface area contributed by atoms with E-state index in [1.165, 1.54) is 0 Å².